The number of aromatic nitrogens is 2. The number of rotatable bonds is 7. The Balaban J connectivity index is 1.49. The van der Waals surface area contributed by atoms with Crippen LogP contribution in [-0.4, -0.2) is 27.8 Å². The third-order valence-corrected chi connectivity index (χ3v) is 3.90. The zero-order chi connectivity index (χ0) is 17.5. The van der Waals surface area contributed by atoms with Crippen LogP contribution in [0.2, 0.25) is 0 Å². The topological polar surface area (TPSA) is 75.2 Å². The molecule has 0 amide bonds. The van der Waals surface area contributed by atoms with Crippen molar-refractivity contribution in [2.75, 3.05) is 6.61 Å². The molecule has 0 unspecified atom stereocenters. The second kappa shape index (κ2) is 8.26. The zero-order valence-corrected chi connectivity index (χ0v) is 13.8. The van der Waals surface area contributed by atoms with E-state index < -0.39 is 6.10 Å². The molecule has 3 rings (SSSR count). The van der Waals surface area contributed by atoms with E-state index in [1.54, 1.807) is 18.5 Å². The van der Waals surface area contributed by atoms with Gasteiger partial charge in [-0.2, -0.15) is 0 Å². The van der Waals surface area contributed by atoms with Crippen LogP contribution in [0.4, 0.5) is 0 Å². The molecule has 128 valence electrons. The molecule has 2 aromatic heterocycles. The Morgan fingerprint density at radius 3 is 2.56 bits per heavy atom. The number of aryl methyl sites for hydroxylation is 1. The van der Waals surface area contributed by atoms with Gasteiger partial charge in [-0.3, -0.25) is 9.78 Å². The molecule has 0 saturated carbocycles. The molecule has 0 fully saturated rings. The van der Waals surface area contributed by atoms with Crippen LogP contribution in [-0.2, 0) is 6.42 Å². The van der Waals surface area contributed by atoms with Gasteiger partial charge in [0, 0.05) is 24.7 Å². The molecule has 5 heteroatoms. The summed E-state index contributed by atoms with van der Waals surface area (Å²) in [5, 5.41) is 10.1. The van der Waals surface area contributed by atoms with E-state index in [-0.39, 0.29) is 12.2 Å². The standard InChI is InChI=1S/C20H20N2O3/c23-18(7-3-15-2-1-11-21-12-15)14-25-19-8-4-16(5-9-19)17-6-10-20(24)22-13-17/h1-2,4-6,8-13,18,23H,3,7,14H2,(H,22,24)/t18-/m1/s1. The predicted molar refractivity (Wildman–Crippen MR) is 96.6 cm³/mol. The molecular weight excluding hydrogens is 316 g/mol. The molecule has 0 spiro atoms. The van der Waals surface area contributed by atoms with Crippen LogP contribution in [0.15, 0.2) is 71.9 Å². The lowest BCUT2D eigenvalue weighted by Crippen LogP contribution is -2.18. The Bertz CT molecular complexity index is 824. The number of hydrogen-bond acceptors (Lipinski definition) is 4. The van der Waals surface area contributed by atoms with Crippen LogP contribution in [0.3, 0.4) is 0 Å². The fourth-order valence-electron chi connectivity index (χ4n) is 2.49. The molecule has 1 atom stereocenters. The molecule has 1 aromatic carbocycles. The van der Waals surface area contributed by atoms with E-state index in [0.29, 0.717) is 12.2 Å². The monoisotopic (exact) mass is 336 g/mol. The van der Waals surface area contributed by atoms with Gasteiger partial charge in [-0.25, -0.2) is 0 Å². The zero-order valence-electron chi connectivity index (χ0n) is 13.8. The second-order valence-electron chi connectivity index (χ2n) is 5.83. The minimum absolute atomic E-state index is 0.121. The van der Waals surface area contributed by atoms with Crippen molar-refractivity contribution in [2.24, 2.45) is 0 Å². The number of nitrogens with zero attached hydrogens (tertiary/aromatic N) is 1. The number of pyridine rings is 2. The highest BCUT2D eigenvalue weighted by atomic mass is 16.5. The molecule has 25 heavy (non-hydrogen) atoms. The first-order valence-electron chi connectivity index (χ1n) is 8.19. The summed E-state index contributed by atoms with van der Waals surface area (Å²) in [6, 6.07) is 14.7. The van der Waals surface area contributed by atoms with Crippen molar-refractivity contribution in [1.29, 1.82) is 0 Å². The molecule has 2 N–H and O–H groups in total. The smallest absolute Gasteiger partial charge is 0.247 e. The van der Waals surface area contributed by atoms with E-state index in [1.165, 1.54) is 6.07 Å². The van der Waals surface area contributed by atoms with Crippen LogP contribution >= 0.6 is 0 Å². The maximum Gasteiger partial charge on any atom is 0.247 e. The average Bonchev–Trinajstić information content (AvgIpc) is 2.67. The van der Waals surface area contributed by atoms with E-state index >= 15 is 0 Å². The van der Waals surface area contributed by atoms with E-state index in [0.717, 1.165) is 23.1 Å². The van der Waals surface area contributed by atoms with Crippen LogP contribution < -0.4 is 10.3 Å². The van der Waals surface area contributed by atoms with Gasteiger partial charge in [0.05, 0.1) is 6.10 Å². The number of hydrogen-bond donors (Lipinski definition) is 2. The first-order chi connectivity index (χ1) is 12.2. The first kappa shape index (κ1) is 16.9. The van der Waals surface area contributed by atoms with E-state index in [1.807, 2.05) is 42.6 Å². The van der Waals surface area contributed by atoms with Crippen LogP contribution in [0.1, 0.15) is 12.0 Å². The predicted octanol–water partition coefficient (Wildman–Crippen LogP) is 2.81. The lowest BCUT2D eigenvalue weighted by molar-refractivity contribution is 0.100. The summed E-state index contributed by atoms with van der Waals surface area (Å²) in [7, 11) is 0. The third-order valence-electron chi connectivity index (χ3n) is 3.90. The highest BCUT2D eigenvalue weighted by Gasteiger charge is 2.06. The van der Waals surface area contributed by atoms with Crippen molar-refractivity contribution in [3.05, 3.63) is 83.0 Å². The van der Waals surface area contributed by atoms with Crippen LogP contribution in [0.5, 0.6) is 5.75 Å². The Morgan fingerprint density at radius 2 is 1.88 bits per heavy atom. The van der Waals surface area contributed by atoms with Gasteiger partial charge in [-0.05, 0) is 53.8 Å². The highest BCUT2D eigenvalue weighted by molar-refractivity contribution is 5.62. The van der Waals surface area contributed by atoms with E-state index in [4.69, 9.17) is 4.74 Å². The Morgan fingerprint density at radius 1 is 1.08 bits per heavy atom. The molecule has 0 saturated heterocycles. The summed E-state index contributed by atoms with van der Waals surface area (Å²) in [6.07, 6.45) is 6.09. The van der Waals surface area contributed by atoms with Crippen molar-refractivity contribution in [3.63, 3.8) is 0 Å². The number of nitrogens with one attached hydrogen (secondary N) is 1. The normalized spacial score (nSPS) is 11.9. The molecular formula is C20H20N2O3. The molecule has 3 aromatic rings. The van der Waals surface area contributed by atoms with Gasteiger partial charge in [0.2, 0.25) is 5.56 Å². The van der Waals surface area contributed by atoms with Crippen molar-refractivity contribution >= 4 is 0 Å². The first-order valence-corrected chi connectivity index (χ1v) is 8.19. The Labute approximate surface area is 146 Å². The number of benzene rings is 1. The number of ether oxygens (including phenoxy) is 1. The number of aromatic amines is 1. The quantitative estimate of drug-likeness (QED) is 0.696. The van der Waals surface area contributed by atoms with Gasteiger partial charge in [-0.1, -0.05) is 18.2 Å². The summed E-state index contributed by atoms with van der Waals surface area (Å²) in [6.45, 7) is 0.248. The minimum atomic E-state index is -0.529. The van der Waals surface area contributed by atoms with Gasteiger partial charge in [0.1, 0.15) is 12.4 Å². The minimum Gasteiger partial charge on any atom is -0.491 e. The highest BCUT2D eigenvalue weighted by Crippen LogP contribution is 2.21. The summed E-state index contributed by atoms with van der Waals surface area (Å²) in [5.74, 6) is 0.702. The molecule has 0 aliphatic heterocycles. The average molecular weight is 336 g/mol. The summed E-state index contributed by atoms with van der Waals surface area (Å²) in [5.41, 5.74) is 2.90. The molecule has 5 nitrogen and oxygen atoms in total. The van der Waals surface area contributed by atoms with Crippen molar-refractivity contribution in [3.8, 4) is 16.9 Å². The van der Waals surface area contributed by atoms with Crippen LogP contribution in [0, 0.1) is 0 Å². The maximum absolute atomic E-state index is 11.1. The van der Waals surface area contributed by atoms with Gasteiger partial charge in [0.15, 0.2) is 0 Å². The lowest BCUT2D eigenvalue weighted by Gasteiger charge is -2.12. The Kier molecular flexibility index (Phi) is 5.59. The van der Waals surface area contributed by atoms with Crippen molar-refractivity contribution in [1.82, 2.24) is 9.97 Å². The number of aliphatic hydroxyl groups is 1. The lowest BCUT2D eigenvalue weighted by atomic mass is 10.1. The second-order valence-corrected chi connectivity index (χ2v) is 5.83. The van der Waals surface area contributed by atoms with Gasteiger partial charge < -0.3 is 14.8 Å². The molecule has 0 bridgehead atoms. The fourth-order valence-corrected chi connectivity index (χ4v) is 2.49. The largest absolute Gasteiger partial charge is 0.491 e. The summed E-state index contributed by atoms with van der Waals surface area (Å²) in [4.78, 5) is 17.8. The molecule has 0 aliphatic carbocycles. The van der Waals surface area contributed by atoms with Gasteiger partial charge >= 0.3 is 0 Å². The SMILES string of the molecule is O=c1ccc(-c2ccc(OC[C@H](O)CCc3cccnc3)cc2)c[nH]1. The number of aliphatic hydroxyl groups excluding tert-OH is 1. The maximum atomic E-state index is 11.1. The van der Waals surface area contributed by atoms with E-state index in [9.17, 15) is 9.90 Å². The molecule has 2 heterocycles. The summed E-state index contributed by atoms with van der Waals surface area (Å²) >= 11 is 0. The summed E-state index contributed by atoms with van der Waals surface area (Å²) < 4.78 is 5.64. The van der Waals surface area contributed by atoms with Gasteiger partial charge in [0.25, 0.3) is 0 Å². The van der Waals surface area contributed by atoms with Crippen LogP contribution in [0.25, 0.3) is 11.1 Å². The van der Waals surface area contributed by atoms with Crippen molar-refractivity contribution < 1.29 is 9.84 Å². The third kappa shape index (κ3) is 5.02. The van der Waals surface area contributed by atoms with Gasteiger partial charge in [-0.15, -0.1) is 0 Å². The fraction of sp³-hybridized carbons (Fsp3) is 0.200. The Hall–Kier alpha value is -2.92. The number of H-pyrrole nitrogens is 1. The van der Waals surface area contributed by atoms with E-state index in [2.05, 4.69) is 9.97 Å². The van der Waals surface area contributed by atoms with Crippen molar-refractivity contribution in [2.45, 2.75) is 18.9 Å². The molecule has 0 aliphatic rings. The molecule has 0 radical (unpaired) electrons.